The van der Waals surface area contributed by atoms with E-state index >= 15 is 0 Å². The number of hydrogen-bond acceptors (Lipinski definition) is 3. The summed E-state index contributed by atoms with van der Waals surface area (Å²) in [6.07, 6.45) is 3.62. The van der Waals surface area contributed by atoms with Gasteiger partial charge in [-0.25, -0.2) is 0 Å². The molecule has 86 valence electrons. The van der Waals surface area contributed by atoms with Crippen molar-refractivity contribution in [3.63, 3.8) is 0 Å². The van der Waals surface area contributed by atoms with E-state index in [2.05, 4.69) is 29.4 Å². The van der Waals surface area contributed by atoms with E-state index in [0.717, 1.165) is 11.4 Å². The van der Waals surface area contributed by atoms with E-state index in [1.807, 2.05) is 30.6 Å². The van der Waals surface area contributed by atoms with E-state index in [1.165, 1.54) is 11.1 Å². The number of aromatic nitrogens is 1. The van der Waals surface area contributed by atoms with Crippen molar-refractivity contribution in [2.45, 2.75) is 13.0 Å². The topological polar surface area (TPSA) is 34.2 Å². The maximum absolute atomic E-state index is 5.76. The van der Waals surface area contributed by atoms with Crippen LogP contribution < -0.4 is 10.1 Å². The van der Waals surface area contributed by atoms with Crippen molar-refractivity contribution < 1.29 is 4.74 Å². The summed E-state index contributed by atoms with van der Waals surface area (Å²) in [5.41, 5.74) is 3.50. The Labute approximate surface area is 100 Å². The lowest BCUT2D eigenvalue weighted by molar-refractivity contribution is 0.286. The van der Waals surface area contributed by atoms with E-state index < -0.39 is 0 Å². The second-order valence-corrected chi connectivity index (χ2v) is 4.29. The molecule has 0 fully saturated rings. The van der Waals surface area contributed by atoms with Crippen molar-refractivity contribution in [2.24, 2.45) is 0 Å². The fourth-order valence-corrected chi connectivity index (χ4v) is 2.06. The second kappa shape index (κ2) is 4.09. The third kappa shape index (κ3) is 1.96. The van der Waals surface area contributed by atoms with Gasteiger partial charge in [0.2, 0.25) is 0 Å². The summed E-state index contributed by atoms with van der Waals surface area (Å²) in [4.78, 5) is 4.03. The molecule has 2 heterocycles. The normalized spacial score (nSPS) is 17.8. The van der Waals surface area contributed by atoms with Crippen LogP contribution in [-0.4, -0.2) is 11.6 Å². The molecule has 1 unspecified atom stereocenters. The van der Waals surface area contributed by atoms with Gasteiger partial charge in [-0.2, -0.15) is 0 Å². The molecular formula is C14H14N2O. The molecule has 1 aromatic carbocycles. The molecule has 1 aliphatic heterocycles. The molecule has 2 aromatic rings. The minimum absolute atomic E-state index is 0.201. The quantitative estimate of drug-likeness (QED) is 0.811. The summed E-state index contributed by atoms with van der Waals surface area (Å²) >= 11 is 0. The third-order valence-electron chi connectivity index (χ3n) is 2.98. The standard InChI is InChI=1S/C14H14N2O/c1-10-2-3-14-12(8-10)16-13(9-17-14)11-4-6-15-7-5-11/h2-8,13,16H,9H2,1H3. The van der Waals surface area contributed by atoms with Gasteiger partial charge in [0.05, 0.1) is 11.7 Å². The first kappa shape index (κ1) is 10.1. The maximum atomic E-state index is 5.76. The molecule has 1 atom stereocenters. The monoisotopic (exact) mass is 226 g/mol. The van der Waals surface area contributed by atoms with Crippen LogP contribution in [0.4, 0.5) is 5.69 Å². The molecular weight excluding hydrogens is 212 g/mol. The van der Waals surface area contributed by atoms with E-state index in [-0.39, 0.29) is 6.04 Å². The molecule has 0 amide bonds. The Morgan fingerprint density at radius 3 is 2.88 bits per heavy atom. The average molecular weight is 226 g/mol. The third-order valence-corrected chi connectivity index (χ3v) is 2.98. The van der Waals surface area contributed by atoms with Crippen LogP contribution in [0.3, 0.4) is 0 Å². The first-order valence-corrected chi connectivity index (χ1v) is 5.73. The molecule has 3 nitrogen and oxygen atoms in total. The first-order chi connectivity index (χ1) is 8.33. The van der Waals surface area contributed by atoms with Gasteiger partial charge in [-0.3, -0.25) is 4.98 Å². The zero-order valence-electron chi connectivity index (χ0n) is 9.68. The van der Waals surface area contributed by atoms with Crippen LogP contribution in [0.15, 0.2) is 42.7 Å². The summed E-state index contributed by atoms with van der Waals surface area (Å²) in [5, 5.41) is 3.50. The van der Waals surface area contributed by atoms with Gasteiger partial charge in [0.15, 0.2) is 0 Å². The van der Waals surface area contributed by atoms with Crippen molar-refractivity contribution in [2.75, 3.05) is 11.9 Å². The van der Waals surface area contributed by atoms with E-state index in [1.54, 1.807) is 0 Å². The Morgan fingerprint density at radius 2 is 2.06 bits per heavy atom. The number of fused-ring (bicyclic) bond motifs is 1. The summed E-state index contributed by atoms with van der Waals surface area (Å²) in [6, 6.07) is 10.4. The number of rotatable bonds is 1. The summed E-state index contributed by atoms with van der Waals surface area (Å²) < 4.78 is 5.76. The van der Waals surface area contributed by atoms with Crippen LogP contribution in [0.25, 0.3) is 0 Å². The molecule has 0 radical (unpaired) electrons. The summed E-state index contributed by atoms with van der Waals surface area (Å²) in [6.45, 7) is 2.73. The van der Waals surface area contributed by atoms with Crippen LogP contribution in [-0.2, 0) is 0 Å². The zero-order valence-corrected chi connectivity index (χ0v) is 9.68. The number of nitrogens with zero attached hydrogens (tertiary/aromatic N) is 1. The Balaban J connectivity index is 1.90. The van der Waals surface area contributed by atoms with Crippen LogP contribution >= 0.6 is 0 Å². The highest BCUT2D eigenvalue weighted by molar-refractivity contribution is 5.60. The number of ether oxygens (including phenoxy) is 1. The second-order valence-electron chi connectivity index (χ2n) is 4.29. The highest BCUT2D eigenvalue weighted by Crippen LogP contribution is 2.33. The highest BCUT2D eigenvalue weighted by Gasteiger charge is 2.19. The molecule has 17 heavy (non-hydrogen) atoms. The molecule has 3 rings (SSSR count). The van der Waals surface area contributed by atoms with E-state index in [0.29, 0.717) is 6.61 Å². The molecule has 0 bridgehead atoms. The number of benzene rings is 1. The Morgan fingerprint density at radius 1 is 1.24 bits per heavy atom. The Kier molecular flexibility index (Phi) is 2.44. The zero-order chi connectivity index (χ0) is 11.7. The lowest BCUT2D eigenvalue weighted by Gasteiger charge is -2.28. The predicted octanol–water partition coefficient (Wildman–Crippen LogP) is 2.94. The van der Waals surface area contributed by atoms with Crippen molar-refractivity contribution in [1.82, 2.24) is 4.98 Å². The van der Waals surface area contributed by atoms with Gasteiger partial charge in [-0.15, -0.1) is 0 Å². The fraction of sp³-hybridized carbons (Fsp3) is 0.214. The Bertz CT molecular complexity index is 525. The number of nitrogens with one attached hydrogen (secondary N) is 1. The van der Waals surface area contributed by atoms with E-state index in [4.69, 9.17) is 4.74 Å². The van der Waals surface area contributed by atoms with Crippen molar-refractivity contribution in [1.29, 1.82) is 0 Å². The highest BCUT2D eigenvalue weighted by atomic mass is 16.5. The van der Waals surface area contributed by atoms with Gasteiger partial charge < -0.3 is 10.1 Å². The van der Waals surface area contributed by atoms with Crippen LogP contribution in [0, 0.1) is 6.92 Å². The van der Waals surface area contributed by atoms with Gasteiger partial charge in [-0.1, -0.05) is 6.07 Å². The van der Waals surface area contributed by atoms with Crippen molar-refractivity contribution in [3.05, 3.63) is 53.9 Å². The lowest BCUT2D eigenvalue weighted by Crippen LogP contribution is -2.23. The summed E-state index contributed by atoms with van der Waals surface area (Å²) in [7, 11) is 0. The lowest BCUT2D eigenvalue weighted by atomic mass is 10.1. The van der Waals surface area contributed by atoms with Crippen LogP contribution in [0.1, 0.15) is 17.2 Å². The van der Waals surface area contributed by atoms with Crippen LogP contribution in [0.5, 0.6) is 5.75 Å². The van der Waals surface area contributed by atoms with Gasteiger partial charge >= 0.3 is 0 Å². The molecule has 0 spiro atoms. The SMILES string of the molecule is Cc1ccc2c(c1)NC(c1ccncc1)CO2. The smallest absolute Gasteiger partial charge is 0.142 e. The van der Waals surface area contributed by atoms with Crippen LogP contribution in [0.2, 0.25) is 0 Å². The van der Waals surface area contributed by atoms with Gasteiger partial charge in [0, 0.05) is 12.4 Å². The summed E-state index contributed by atoms with van der Waals surface area (Å²) in [5.74, 6) is 0.931. The number of hydrogen-bond donors (Lipinski definition) is 1. The minimum atomic E-state index is 0.201. The molecule has 0 saturated carbocycles. The van der Waals surface area contributed by atoms with Gasteiger partial charge in [-0.05, 0) is 42.3 Å². The average Bonchev–Trinajstić information content (AvgIpc) is 2.39. The number of pyridine rings is 1. The molecule has 0 aliphatic carbocycles. The number of anilines is 1. The maximum Gasteiger partial charge on any atom is 0.142 e. The largest absolute Gasteiger partial charge is 0.489 e. The molecule has 3 heteroatoms. The van der Waals surface area contributed by atoms with Crippen molar-refractivity contribution >= 4 is 5.69 Å². The van der Waals surface area contributed by atoms with E-state index in [9.17, 15) is 0 Å². The molecule has 0 saturated heterocycles. The number of aryl methyl sites for hydroxylation is 1. The Hall–Kier alpha value is -2.03. The predicted molar refractivity (Wildman–Crippen MR) is 67.3 cm³/mol. The van der Waals surface area contributed by atoms with Gasteiger partial charge in [0.25, 0.3) is 0 Å². The van der Waals surface area contributed by atoms with Crippen molar-refractivity contribution in [3.8, 4) is 5.75 Å². The molecule has 1 N–H and O–H groups in total. The first-order valence-electron chi connectivity index (χ1n) is 5.73. The fourth-order valence-electron chi connectivity index (χ4n) is 2.06. The molecule has 1 aliphatic rings. The molecule has 1 aromatic heterocycles. The van der Waals surface area contributed by atoms with Gasteiger partial charge in [0.1, 0.15) is 12.4 Å². The minimum Gasteiger partial charge on any atom is -0.489 e.